The van der Waals surface area contributed by atoms with Crippen molar-refractivity contribution >= 4 is 23.5 Å². The summed E-state index contributed by atoms with van der Waals surface area (Å²) in [6.07, 6.45) is 7.00. The Morgan fingerprint density at radius 2 is 1.85 bits per heavy atom. The Morgan fingerprint density at radius 1 is 1.15 bits per heavy atom. The van der Waals surface area contributed by atoms with Crippen LogP contribution in [0.1, 0.15) is 57.4 Å². The monoisotopic (exact) mass is 379 g/mol. The van der Waals surface area contributed by atoms with E-state index in [0.717, 1.165) is 37.1 Å². The maximum absolute atomic E-state index is 12.9. The first kappa shape index (κ1) is 20.8. The van der Waals surface area contributed by atoms with Crippen LogP contribution in [-0.4, -0.2) is 36.5 Å². The third kappa shape index (κ3) is 6.31. The van der Waals surface area contributed by atoms with E-state index in [4.69, 9.17) is 16.3 Å². The highest BCUT2D eigenvalue weighted by molar-refractivity contribution is 6.30. The fraction of sp³-hybridized carbons (Fsp3) is 0.619. The van der Waals surface area contributed by atoms with Crippen LogP contribution in [-0.2, 0) is 20.7 Å². The molecule has 1 aliphatic carbocycles. The number of methoxy groups -OCH3 is 1. The van der Waals surface area contributed by atoms with Gasteiger partial charge in [-0.15, -0.1) is 0 Å². The Balaban J connectivity index is 1.92. The number of aryl methyl sites for hydroxylation is 1. The zero-order valence-electron chi connectivity index (χ0n) is 15.9. The lowest BCUT2D eigenvalue weighted by atomic mass is 9.84. The summed E-state index contributed by atoms with van der Waals surface area (Å²) in [6, 6.07) is 8.02. The number of esters is 1. The molecule has 1 saturated carbocycles. The van der Waals surface area contributed by atoms with Crippen LogP contribution in [0, 0.1) is 5.92 Å². The van der Waals surface area contributed by atoms with Crippen molar-refractivity contribution in [1.29, 1.82) is 0 Å². The van der Waals surface area contributed by atoms with Gasteiger partial charge in [-0.2, -0.15) is 0 Å². The molecule has 26 heavy (non-hydrogen) atoms. The Labute approximate surface area is 161 Å². The Kier molecular flexibility index (Phi) is 8.43. The average molecular weight is 380 g/mol. The second-order valence-corrected chi connectivity index (χ2v) is 7.66. The second kappa shape index (κ2) is 10.6. The maximum Gasteiger partial charge on any atom is 0.307 e. The summed E-state index contributed by atoms with van der Waals surface area (Å²) < 4.78 is 4.76. The van der Waals surface area contributed by atoms with Crippen molar-refractivity contribution in [3.8, 4) is 0 Å². The first-order valence-electron chi connectivity index (χ1n) is 9.62. The van der Waals surface area contributed by atoms with Gasteiger partial charge >= 0.3 is 5.97 Å². The van der Waals surface area contributed by atoms with Crippen LogP contribution >= 0.6 is 11.6 Å². The molecule has 144 valence electrons. The highest BCUT2D eigenvalue weighted by Gasteiger charge is 2.30. The van der Waals surface area contributed by atoms with Crippen molar-refractivity contribution in [2.24, 2.45) is 5.92 Å². The molecule has 1 fully saturated rings. The molecule has 1 aliphatic rings. The van der Waals surface area contributed by atoms with Gasteiger partial charge < -0.3 is 9.64 Å². The van der Waals surface area contributed by atoms with Gasteiger partial charge in [-0.05, 0) is 49.3 Å². The summed E-state index contributed by atoms with van der Waals surface area (Å²) >= 11 is 5.91. The van der Waals surface area contributed by atoms with E-state index in [9.17, 15) is 9.59 Å². The Bertz CT molecular complexity index is 587. The third-order valence-corrected chi connectivity index (χ3v) is 5.59. The molecule has 1 aromatic carbocycles. The molecule has 0 aromatic heterocycles. The van der Waals surface area contributed by atoms with E-state index in [2.05, 4.69) is 6.92 Å². The normalized spacial score (nSPS) is 19.8. The molecule has 0 aliphatic heterocycles. The highest BCUT2D eigenvalue weighted by atomic mass is 35.5. The van der Waals surface area contributed by atoms with Crippen molar-refractivity contribution < 1.29 is 14.3 Å². The number of ether oxygens (including phenoxy) is 1. The number of carbonyl (C=O) groups excluding carboxylic acids is 2. The van der Waals surface area contributed by atoms with Crippen LogP contribution in [0.15, 0.2) is 24.3 Å². The number of hydrogen-bond donors (Lipinski definition) is 0. The Morgan fingerprint density at radius 3 is 2.50 bits per heavy atom. The van der Waals surface area contributed by atoms with E-state index >= 15 is 0 Å². The minimum Gasteiger partial charge on any atom is -0.469 e. The van der Waals surface area contributed by atoms with Gasteiger partial charge in [0.1, 0.15) is 0 Å². The van der Waals surface area contributed by atoms with Crippen LogP contribution in [0.25, 0.3) is 0 Å². The van der Waals surface area contributed by atoms with Crippen LogP contribution in [0.2, 0.25) is 5.02 Å². The zero-order chi connectivity index (χ0) is 18.9. The van der Waals surface area contributed by atoms with Gasteiger partial charge in [0.2, 0.25) is 5.91 Å². The van der Waals surface area contributed by atoms with Crippen molar-refractivity contribution in [2.45, 2.75) is 64.3 Å². The van der Waals surface area contributed by atoms with Crippen molar-refractivity contribution in [1.82, 2.24) is 4.90 Å². The van der Waals surface area contributed by atoms with Gasteiger partial charge in [-0.3, -0.25) is 9.59 Å². The van der Waals surface area contributed by atoms with E-state index in [-0.39, 0.29) is 24.3 Å². The minimum absolute atomic E-state index is 0.154. The molecule has 1 amide bonds. The minimum atomic E-state index is -0.257. The lowest BCUT2D eigenvalue weighted by molar-refractivity contribution is -0.143. The van der Waals surface area contributed by atoms with E-state index in [1.54, 1.807) is 0 Å². The molecule has 2 unspecified atom stereocenters. The average Bonchev–Trinajstić information content (AvgIpc) is 2.64. The highest BCUT2D eigenvalue weighted by Crippen LogP contribution is 2.29. The third-order valence-electron chi connectivity index (χ3n) is 5.34. The van der Waals surface area contributed by atoms with E-state index in [1.807, 2.05) is 29.2 Å². The number of nitrogens with zero attached hydrogens (tertiary/aromatic N) is 1. The molecule has 1 aromatic rings. The molecule has 0 spiro atoms. The number of rotatable bonds is 8. The van der Waals surface area contributed by atoms with Gasteiger partial charge in [-0.1, -0.05) is 43.5 Å². The largest absolute Gasteiger partial charge is 0.469 e. The molecule has 2 rings (SSSR count). The molecule has 0 saturated heterocycles. The molecule has 0 bridgehead atoms. The second-order valence-electron chi connectivity index (χ2n) is 7.22. The summed E-state index contributed by atoms with van der Waals surface area (Å²) in [5.41, 5.74) is 1.19. The fourth-order valence-corrected chi connectivity index (χ4v) is 3.91. The molecule has 0 N–H and O–H groups in total. The summed E-state index contributed by atoms with van der Waals surface area (Å²) in [4.78, 5) is 26.4. The first-order chi connectivity index (χ1) is 12.5. The van der Waals surface area contributed by atoms with E-state index in [1.165, 1.54) is 19.1 Å². The lowest BCUT2D eigenvalue weighted by Crippen LogP contribution is -2.46. The summed E-state index contributed by atoms with van der Waals surface area (Å²) in [7, 11) is 1.39. The van der Waals surface area contributed by atoms with E-state index in [0.29, 0.717) is 18.9 Å². The van der Waals surface area contributed by atoms with Gasteiger partial charge in [0.05, 0.1) is 13.5 Å². The lowest BCUT2D eigenvalue weighted by Gasteiger charge is -2.38. The van der Waals surface area contributed by atoms with Gasteiger partial charge in [0.25, 0.3) is 0 Å². The molecule has 5 heteroatoms. The predicted molar refractivity (Wildman–Crippen MR) is 104 cm³/mol. The van der Waals surface area contributed by atoms with Crippen molar-refractivity contribution in [3.63, 3.8) is 0 Å². The zero-order valence-corrected chi connectivity index (χ0v) is 16.6. The summed E-state index contributed by atoms with van der Waals surface area (Å²) in [5.74, 6) is 0.385. The Hall–Kier alpha value is -1.55. The maximum atomic E-state index is 12.9. The van der Waals surface area contributed by atoms with Crippen LogP contribution < -0.4 is 0 Å². The van der Waals surface area contributed by atoms with Crippen LogP contribution in [0.3, 0.4) is 0 Å². The number of halogens is 1. The molecule has 2 atom stereocenters. The van der Waals surface area contributed by atoms with Crippen LogP contribution in [0.4, 0.5) is 0 Å². The van der Waals surface area contributed by atoms with Crippen molar-refractivity contribution in [3.05, 3.63) is 34.9 Å². The predicted octanol–water partition coefficient (Wildman–Crippen LogP) is 4.63. The van der Waals surface area contributed by atoms with E-state index < -0.39 is 0 Å². The smallest absolute Gasteiger partial charge is 0.307 e. The molecular formula is C21H30ClNO3. The van der Waals surface area contributed by atoms with Gasteiger partial charge in [-0.25, -0.2) is 0 Å². The molecule has 0 radical (unpaired) electrons. The quantitative estimate of drug-likeness (QED) is 0.618. The summed E-state index contributed by atoms with van der Waals surface area (Å²) in [5, 5.41) is 0.727. The first-order valence-corrected chi connectivity index (χ1v) is 9.99. The number of carbonyl (C=O) groups is 2. The van der Waals surface area contributed by atoms with Crippen LogP contribution in [0.5, 0.6) is 0 Å². The fourth-order valence-electron chi connectivity index (χ4n) is 3.79. The standard InChI is InChI=1S/C21H30ClNO3/c1-16-6-3-4-8-19(16)23(15-14-21(25)26-2)20(24)9-5-7-17-10-12-18(22)13-11-17/h10-13,16,19H,3-9,14-15H2,1-2H3. The number of amides is 1. The number of benzene rings is 1. The molecular weight excluding hydrogens is 350 g/mol. The molecule has 4 nitrogen and oxygen atoms in total. The summed E-state index contributed by atoms with van der Waals surface area (Å²) in [6.45, 7) is 2.68. The topological polar surface area (TPSA) is 46.6 Å². The van der Waals surface area contributed by atoms with Gasteiger partial charge in [0, 0.05) is 24.0 Å². The number of hydrogen-bond acceptors (Lipinski definition) is 3. The molecule has 0 heterocycles. The SMILES string of the molecule is COC(=O)CCN(C(=O)CCCc1ccc(Cl)cc1)C1CCCCC1C. The van der Waals surface area contributed by atoms with Gasteiger partial charge in [0.15, 0.2) is 0 Å². The van der Waals surface area contributed by atoms with Crippen molar-refractivity contribution in [2.75, 3.05) is 13.7 Å².